The van der Waals surface area contributed by atoms with Gasteiger partial charge in [0.15, 0.2) is 27.2 Å². The fraction of sp³-hybridized carbons (Fsp3) is 0.200. The molecule has 4 rings (SSSR count). The van der Waals surface area contributed by atoms with Crippen LogP contribution in [0.1, 0.15) is 11.4 Å². The minimum Gasteiger partial charge on any atom is -0.454 e. The monoisotopic (exact) mass is 398 g/mol. The summed E-state index contributed by atoms with van der Waals surface area (Å²) in [5.74, 6) is 0.764. The van der Waals surface area contributed by atoms with Crippen LogP contribution in [-0.4, -0.2) is 25.4 Å². The van der Waals surface area contributed by atoms with Gasteiger partial charge in [-0.3, -0.25) is 0 Å². The number of sulfone groups is 1. The first-order valence-corrected chi connectivity index (χ1v) is 10.2. The summed E-state index contributed by atoms with van der Waals surface area (Å²) in [5, 5.41) is 5.94. The van der Waals surface area contributed by atoms with E-state index in [0.717, 1.165) is 4.88 Å². The van der Waals surface area contributed by atoms with Gasteiger partial charge in [0.2, 0.25) is 6.79 Å². The number of hydrogen-bond donors (Lipinski definition) is 0. The highest BCUT2D eigenvalue weighted by Crippen LogP contribution is 2.40. The lowest BCUT2D eigenvalue weighted by atomic mass is 10.2. The molecule has 0 unspecified atom stereocenters. The molecule has 25 heavy (non-hydrogen) atoms. The Morgan fingerprint density at radius 3 is 2.92 bits per heavy atom. The Labute approximate surface area is 152 Å². The van der Waals surface area contributed by atoms with E-state index in [1.807, 2.05) is 17.5 Å². The van der Waals surface area contributed by atoms with Gasteiger partial charge < -0.3 is 14.0 Å². The number of benzene rings is 1. The molecule has 1 aromatic carbocycles. The SMILES string of the molecule is O=S(=O)(Cc1cc(Cl)c2c(c1)OCO2)Cc1noc(-c2cccs2)n1. The molecule has 1 aliphatic rings. The molecular weight excluding hydrogens is 388 g/mol. The van der Waals surface area contributed by atoms with E-state index in [1.165, 1.54) is 11.3 Å². The van der Waals surface area contributed by atoms with E-state index in [4.69, 9.17) is 25.6 Å². The number of hydrogen-bond acceptors (Lipinski definition) is 8. The maximum absolute atomic E-state index is 12.4. The van der Waals surface area contributed by atoms with Crippen LogP contribution in [0.15, 0.2) is 34.2 Å². The Kier molecular flexibility index (Phi) is 4.14. The number of aromatic nitrogens is 2. The predicted molar refractivity (Wildman–Crippen MR) is 91.5 cm³/mol. The number of halogens is 1. The highest BCUT2D eigenvalue weighted by atomic mass is 35.5. The van der Waals surface area contributed by atoms with Gasteiger partial charge in [-0.1, -0.05) is 22.8 Å². The zero-order chi connectivity index (χ0) is 17.4. The van der Waals surface area contributed by atoms with Crippen LogP contribution < -0.4 is 9.47 Å². The average molecular weight is 399 g/mol. The normalized spacial score (nSPS) is 13.3. The van der Waals surface area contributed by atoms with Crippen molar-refractivity contribution in [1.82, 2.24) is 10.1 Å². The molecule has 0 aliphatic carbocycles. The Balaban J connectivity index is 1.52. The second kappa shape index (κ2) is 6.32. The number of ether oxygens (including phenoxy) is 2. The fourth-order valence-electron chi connectivity index (χ4n) is 2.42. The van der Waals surface area contributed by atoms with Crippen LogP contribution in [0.2, 0.25) is 5.02 Å². The predicted octanol–water partition coefficient (Wildman–Crippen LogP) is 3.30. The molecule has 0 N–H and O–H groups in total. The summed E-state index contributed by atoms with van der Waals surface area (Å²) in [6, 6.07) is 6.84. The molecule has 3 aromatic rings. The molecule has 0 atom stereocenters. The van der Waals surface area contributed by atoms with Gasteiger partial charge >= 0.3 is 0 Å². The molecule has 0 bridgehead atoms. The number of rotatable bonds is 5. The second-order valence-electron chi connectivity index (χ2n) is 5.34. The summed E-state index contributed by atoms with van der Waals surface area (Å²) in [5.41, 5.74) is 0.510. The van der Waals surface area contributed by atoms with Gasteiger partial charge in [-0.25, -0.2) is 8.42 Å². The first-order valence-electron chi connectivity index (χ1n) is 7.15. The Morgan fingerprint density at radius 2 is 2.12 bits per heavy atom. The third-order valence-electron chi connectivity index (χ3n) is 3.42. The van der Waals surface area contributed by atoms with Crippen molar-refractivity contribution in [2.75, 3.05) is 6.79 Å². The second-order valence-corrected chi connectivity index (χ2v) is 8.76. The summed E-state index contributed by atoms with van der Waals surface area (Å²) < 4.78 is 40.5. The van der Waals surface area contributed by atoms with Crippen LogP contribution in [0.5, 0.6) is 11.5 Å². The van der Waals surface area contributed by atoms with Crippen LogP contribution in [0.3, 0.4) is 0 Å². The van der Waals surface area contributed by atoms with Crippen molar-refractivity contribution in [3.63, 3.8) is 0 Å². The lowest BCUT2D eigenvalue weighted by Crippen LogP contribution is -2.09. The fourth-order valence-corrected chi connectivity index (χ4v) is 4.64. The van der Waals surface area contributed by atoms with Crippen molar-refractivity contribution in [2.45, 2.75) is 11.5 Å². The van der Waals surface area contributed by atoms with Gasteiger partial charge in [-0.2, -0.15) is 4.98 Å². The van der Waals surface area contributed by atoms with Crippen LogP contribution in [0, 0.1) is 0 Å². The zero-order valence-electron chi connectivity index (χ0n) is 12.6. The zero-order valence-corrected chi connectivity index (χ0v) is 15.0. The Morgan fingerprint density at radius 1 is 1.24 bits per heavy atom. The maximum atomic E-state index is 12.4. The number of fused-ring (bicyclic) bond motifs is 1. The molecule has 0 fully saturated rings. The number of thiophene rings is 1. The minimum atomic E-state index is -3.51. The van der Waals surface area contributed by atoms with Crippen LogP contribution in [-0.2, 0) is 21.3 Å². The summed E-state index contributed by atoms with van der Waals surface area (Å²) >= 11 is 7.52. The van der Waals surface area contributed by atoms with E-state index < -0.39 is 9.84 Å². The van der Waals surface area contributed by atoms with Gasteiger partial charge in [-0.05, 0) is 29.1 Å². The van der Waals surface area contributed by atoms with Crippen LogP contribution in [0.4, 0.5) is 0 Å². The topological polar surface area (TPSA) is 91.5 Å². The van der Waals surface area contributed by atoms with Crippen LogP contribution >= 0.6 is 22.9 Å². The molecule has 0 radical (unpaired) electrons. The standard InChI is InChI=1S/C15H11ClN2O5S2/c16-10-4-9(5-11-14(10)22-8-21-11)6-25(19,20)7-13-17-15(23-18-13)12-2-1-3-24-12/h1-5H,6-8H2. The lowest BCUT2D eigenvalue weighted by Gasteiger charge is -2.05. The molecule has 1 aliphatic heterocycles. The summed E-state index contributed by atoms with van der Waals surface area (Å²) in [4.78, 5) is 4.93. The number of nitrogens with zero attached hydrogens (tertiary/aromatic N) is 2. The van der Waals surface area contributed by atoms with Crippen molar-refractivity contribution >= 4 is 32.8 Å². The van der Waals surface area contributed by atoms with Crippen molar-refractivity contribution in [2.24, 2.45) is 0 Å². The summed E-state index contributed by atoms with van der Waals surface area (Å²) in [6.07, 6.45) is 0. The molecule has 3 heterocycles. The van der Waals surface area contributed by atoms with Crippen molar-refractivity contribution < 1.29 is 22.4 Å². The van der Waals surface area contributed by atoms with E-state index in [2.05, 4.69) is 10.1 Å². The molecule has 130 valence electrons. The van der Waals surface area contributed by atoms with Gasteiger partial charge in [0, 0.05) is 0 Å². The van der Waals surface area contributed by atoms with Gasteiger partial charge in [0.1, 0.15) is 5.75 Å². The first kappa shape index (κ1) is 16.4. The summed E-state index contributed by atoms with van der Waals surface area (Å²) in [6.45, 7) is 0.0691. The van der Waals surface area contributed by atoms with Crippen molar-refractivity contribution in [3.8, 4) is 22.3 Å². The first-order chi connectivity index (χ1) is 12.0. The van der Waals surface area contributed by atoms with Gasteiger partial charge in [0.25, 0.3) is 5.89 Å². The average Bonchev–Trinajstić information content (AvgIpc) is 3.26. The van der Waals surface area contributed by atoms with Crippen LogP contribution in [0.25, 0.3) is 10.8 Å². The quantitative estimate of drug-likeness (QED) is 0.651. The van der Waals surface area contributed by atoms with E-state index in [1.54, 1.807) is 12.1 Å². The molecule has 0 saturated heterocycles. The Hall–Kier alpha value is -2.10. The van der Waals surface area contributed by atoms with E-state index in [9.17, 15) is 8.42 Å². The van der Waals surface area contributed by atoms with Gasteiger partial charge in [0.05, 0.1) is 15.7 Å². The van der Waals surface area contributed by atoms with Crippen molar-refractivity contribution in [1.29, 1.82) is 0 Å². The smallest absolute Gasteiger partial charge is 0.268 e. The third kappa shape index (κ3) is 3.48. The van der Waals surface area contributed by atoms with E-state index >= 15 is 0 Å². The molecular formula is C15H11ClN2O5S2. The molecule has 0 amide bonds. The Bertz CT molecular complexity index is 1010. The largest absolute Gasteiger partial charge is 0.454 e. The third-order valence-corrected chi connectivity index (χ3v) is 6.03. The molecule has 7 nitrogen and oxygen atoms in total. The van der Waals surface area contributed by atoms with Crippen molar-refractivity contribution in [3.05, 3.63) is 46.1 Å². The molecule has 0 saturated carbocycles. The highest BCUT2D eigenvalue weighted by Gasteiger charge is 2.23. The van der Waals surface area contributed by atoms with E-state index in [-0.39, 0.29) is 24.1 Å². The van der Waals surface area contributed by atoms with Gasteiger partial charge in [-0.15, -0.1) is 11.3 Å². The summed E-state index contributed by atoms with van der Waals surface area (Å²) in [7, 11) is -3.51. The maximum Gasteiger partial charge on any atom is 0.268 e. The molecule has 2 aromatic heterocycles. The lowest BCUT2D eigenvalue weighted by molar-refractivity contribution is 0.174. The highest BCUT2D eigenvalue weighted by molar-refractivity contribution is 7.89. The molecule has 0 spiro atoms. The molecule has 10 heteroatoms. The minimum absolute atomic E-state index is 0.0691. The van der Waals surface area contributed by atoms with E-state index in [0.29, 0.717) is 28.0 Å².